The van der Waals surface area contributed by atoms with Gasteiger partial charge in [-0.15, -0.1) is 11.8 Å². The number of hydrogen-bond acceptors (Lipinski definition) is 3. The average molecular weight is 355 g/mol. The quantitative estimate of drug-likeness (QED) is 0.783. The lowest BCUT2D eigenvalue weighted by atomic mass is 9.94. The lowest BCUT2D eigenvalue weighted by Crippen LogP contribution is -2.53. The van der Waals surface area contributed by atoms with Crippen LogP contribution in [-0.4, -0.2) is 53.5 Å². The Morgan fingerprint density at radius 2 is 1.65 bits per heavy atom. The summed E-state index contributed by atoms with van der Waals surface area (Å²) < 4.78 is 0. The van der Waals surface area contributed by atoms with Crippen molar-refractivity contribution in [2.45, 2.75) is 25.7 Å². The van der Waals surface area contributed by atoms with E-state index in [4.69, 9.17) is 11.6 Å². The second-order valence-corrected chi connectivity index (χ2v) is 8.07. The van der Waals surface area contributed by atoms with Crippen LogP contribution in [0, 0.1) is 5.41 Å². The van der Waals surface area contributed by atoms with Crippen LogP contribution in [0.25, 0.3) is 0 Å². The van der Waals surface area contributed by atoms with Crippen LogP contribution in [0.15, 0.2) is 29.2 Å². The Bertz CT molecular complexity index is 578. The molecule has 2 rings (SSSR count). The molecule has 1 fully saturated rings. The first kappa shape index (κ1) is 18.1. The fourth-order valence-corrected chi connectivity index (χ4v) is 3.57. The van der Waals surface area contributed by atoms with E-state index in [1.165, 1.54) is 11.8 Å². The van der Waals surface area contributed by atoms with E-state index < -0.39 is 0 Å². The van der Waals surface area contributed by atoms with Gasteiger partial charge in [-0.3, -0.25) is 9.59 Å². The van der Waals surface area contributed by atoms with Crippen molar-refractivity contribution in [3.05, 3.63) is 29.3 Å². The standard InChI is InChI=1S/C17H23ClN2O2S/c1-17(2,3)16(22)20-10-8-19(9-11-20)15(21)12-23-14-7-5-4-6-13(14)18/h4-7H,8-12H2,1-3H3. The van der Waals surface area contributed by atoms with E-state index in [2.05, 4.69) is 0 Å². The Kier molecular flexibility index (Phi) is 5.98. The number of piperazine rings is 1. The monoisotopic (exact) mass is 354 g/mol. The molecule has 0 radical (unpaired) electrons. The van der Waals surface area contributed by atoms with E-state index in [1.807, 2.05) is 54.8 Å². The molecule has 23 heavy (non-hydrogen) atoms. The van der Waals surface area contributed by atoms with E-state index in [0.717, 1.165) is 4.90 Å². The molecule has 0 unspecified atom stereocenters. The Morgan fingerprint density at radius 1 is 1.09 bits per heavy atom. The number of amides is 2. The van der Waals surface area contributed by atoms with Gasteiger partial charge in [0.2, 0.25) is 11.8 Å². The molecule has 0 spiro atoms. The first-order valence-corrected chi connectivity index (χ1v) is 9.10. The van der Waals surface area contributed by atoms with Crippen LogP contribution in [0.1, 0.15) is 20.8 Å². The Balaban J connectivity index is 1.82. The van der Waals surface area contributed by atoms with Crippen molar-refractivity contribution in [1.29, 1.82) is 0 Å². The summed E-state index contributed by atoms with van der Waals surface area (Å²) >= 11 is 7.56. The predicted octanol–water partition coefficient (Wildman–Crippen LogP) is 3.15. The molecule has 0 bridgehead atoms. The second-order valence-electron chi connectivity index (χ2n) is 6.64. The van der Waals surface area contributed by atoms with E-state index >= 15 is 0 Å². The largest absolute Gasteiger partial charge is 0.339 e. The molecule has 1 heterocycles. The van der Waals surface area contributed by atoms with E-state index in [1.54, 1.807) is 0 Å². The van der Waals surface area contributed by atoms with Crippen molar-refractivity contribution >= 4 is 35.2 Å². The minimum absolute atomic E-state index is 0.0952. The summed E-state index contributed by atoms with van der Waals surface area (Å²) in [5.74, 6) is 0.615. The molecular formula is C17H23ClN2O2S. The number of hydrogen-bond donors (Lipinski definition) is 0. The highest BCUT2D eigenvalue weighted by atomic mass is 35.5. The van der Waals surface area contributed by atoms with Crippen LogP contribution in [0.2, 0.25) is 5.02 Å². The molecule has 0 aliphatic carbocycles. The van der Waals surface area contributed by atoms with Crippen LogP contribution in [0.3, 0.4) is 0 Å². The van der Waals surface area contributed by atoms with Crippen LogP contribution in [0.4, 0.5) is 0 Å². The molecule has 1 aromatic rings. The summed E-state index contributed by atoms with van der Waals surface area (Å²) in [6, 6.07) is 7.53. The molecule has 2 amide bonds. The van der Waals surface area contributed by atoms with Gasteiger partial charge < -0.3 is 9.80 Å². The number of halogens is 1. The molecule has 1 saturated heterocycles. The van der Waals surface area contributed by atoms with Gasteiger partial charge in [-0.1, -0.05) is 44.5 Å². The molecule has 1 aromatic carbocycles. The summed E-state index contributed by atoms with van der Waals surface area (Å²) in [5.41, 5.74) is -0.369. The Morgan fingerprint density at radius 3 is 2.22 bits per heavy atom. The fraction of sp³-hybridized carbons (Fsp3) is 0.529. The third-order valence-corrected chi connectivity index (χ3v) is 5.25. The number of thioether (sulfide) groups is 1. The first-order valence-electron chi connectivity index (χ1n) is 7.73. The third kappa shape index (κ3) is 4.88. The topological polar surface area (TPSA) is 40.6 Å². The molecule has 1 aliphatic rings. The number of rotatable bonds is 3. The molecular weight excluding hydrogens is 332 g/mol. The molecule has 0 atom stereocenters. The van der Waals surface area contributed by atoms with Gasteiger partial charge in [0.05, 0.1) is 10.8 Å². The zero-order chi connectivity index (χ0) is 17.0. The van der Waals surface area contributed by atoms with Crippen molar-refractivity contribution in [3.8, 4) is 0 Å². The zero-order valence-corrected chi connectivity index (χ0v) is 15.4. The van der Waals surface area contributed by atoms with Crippen molar-refractivity contribution in [1.82, 2.24) is 9.80 Å². The molecule has 0 aromatic heterocycles. The number of nitrogens with zero attached hydrogens (tertiary/aromatic N) is 2. The van der Waals surface area contributed by atoms with E-state index in [9.17, 15) is 9.59 Å². The zero-order valence-electron chi connectivity index (χ0n) is 13.8. The summed E-state index contributed by atoms with van der Waals surface area (Å²) in [6.45, 7) is 8.19. The van der Waals surface area contributed by atoms with Gasteiger partial charge in [0.15, 0.2) is 0 Å². The van der Waals surface area contributed by atoms with Crippen LogP contribution in [0.5, 0.6) is 0 Å². The molecule has 4 nitrogen and oxygen atoms in total. The third-order valence-electron chi connectivity index (χ3n) is 3.75. The Labute approximate surface area is 147 Å². The average Bonchev–Trinajstić information content (AvgIpc) is 2.52. The van der Waals surface area contributed by atoms with E-state index in [-0.39, 0.29) is 17.2 Å². The second kappa shape index (κ2) is 7.58. The van der Waals surface area contributed by atoms with Crippen molar-refractivity contribution in [3.63, 3.8) is 0 Å². The van der Waals surface area contributed by atoms with Crippen LogP contribution < -0.4 is 0 Å². The molecule has 0 N–H and O–H groups in total. The smallest absolute Gasteiger partial charge is 0.233 e. The highest BCUT2D eigenvalue weighted by Gasteiger charge is 2.30. The van der Waals surface area contributed by atoms with Crippen molar-refractivity contribution < 1.29 is 9.59 Å². The van der Waals surface area contributed by atoms with Gasteiger partial charge in [-0.25, -0.2) is 0 Å². The summed E-state index contributed by atoms with van der Waals surface area (Å²) in [7, 11) is 0. The maximum Gasteiger partial charge on any atom is 0.233 e. The molecule has 126 valence electrons. The highest BCUT2D eigenvalue weighted by molar-refractivity contribution is 8.00. The minimum Gasteiger partial charge on any atom is -0.339 e. The van der Waals surface area contributed by atoms with Gasteiger partial charge in [0.25, 0.3) is 0 Å². The van der Waals surface area contributed by atoms with Gasteiger partial charge in [0.1, 0.15) is 0 Å². The maximum absolute atomic E-state index is 12.3. The van der Waals surface area contributed by atoms with Gasteiger partial charge in [-0.05, 0) is 12.1 Å². The van der Waals surface area contributed by atoms with Crippen LogP contribution in [-0.2, 0) is 9.59 Å². The summed E-state index contributed by atoms with van der Waals surface area (Å²) in [4.78, 5) is 29.2. The summed E-state index contributed by atoms with van der Waals surface area (Å²) in [5, 5.41) is 0.672. The number of carbonyl (C=O) groups excluding carboxylic acids is 2. The Hall–Kier alpha value is -1.20. The van der Waals surface area contributed by atoms with Crippen molar-refractivity contribution in [2.75, 3.05) is 31.9 Å². The number of carbonyl (C=O) groups is 2. The molecule has 0 saturated carbocycles. The summed E-state index contributed by atoms with van der Waals surface area (Å²) in [6.07, 6.45) is 0. The lowest BCUT2D eigenvalue weighted by molar-refractivity contribution is -0.144. The van der Waals surface area contributed by atoms with Crippen molar-refractivity contribution in [2.24, 2.45) is 5.41 Å². The van der Waals surface area contributed by atoms with Gasteiger partial charge >= 0.3 is 0 Å². The number of benzene rings is 1. The molecule has 6 heteroatoms. The maximum atomic E-state index is 12.3. The SMILES string of the molecule is CC(C)(C)C(=O)N1CCN(C(=O)CSc2ccccc2Cl)CC1. The molecule has 1 aliphatic heterocycles. The first-order chi connectivity index (χ1) is 10.8. The normalized spacial score (nSPS) is 15.7. The highest BCUT2D eigenvalue weighted by Crippen LogP contribution is 2.27. The lowest BCUT2D eigenvalue weighted by Gasteiger charge is -2.37. The fourth-order valence-electron chi connectivity index (χ4n) is 2.43. The minimum atomic E-state index is -0.369. The predicted molar refractivity (Wildman–Crippen MR) is 94.8 cm³/mol. The van der Waals surface area contributed by atoms with E-state index in [0.29, 0.717) is 37.0 Å². The van der Waals surface area contributed by atoms with Crippen LogP contribution >= 0.6 is 23.4 Å². The van der Waals surface area contributed by atoms with Gasteiger partial charge in [-0.2, -0.15) is 0 Å². The van der Waals surface area contributed by atoms with Gasteiger partial charge in [0, 0.05) is 36.5 Å².